The largest absolute Gasteiger partial charge is 0.418 e. The van der Waals surface area contributed by atoms with Crippen molar-refractivity contribution in [3.63, 3.8) is 0 Å². The van der Waals surface area contributed by atoms with Gasteiger partial charge in [-0.15, -0.1) is 5.10 Å². The highest BCUT2D eigenvalue weighted by Gasteiger charge is 2.64. The van der Waals surface area contributed by atoms with Gasteiger partial charge in [-0.3, -0.25) is 18.5 Å². The molecule has 230 valence electrons. The van der Waals surface area contributed by atoms with Gasteiger partial charge in [0.15, 0.2) is 5.82 Å². The highest BCUT2D eigenvalue weighted by Crippen LogP contribution is 2.70. The van der Waals surface area contributed by atoms with Crippen molar-refractivity contribution in [1.82, 2.24) is 28.4 Å². The van der Waals surface area contributed by atoms with E-state index in [-0.39, 0.29) is 36.0 Å². The average molecular weight is 607 g/mol. The number of likely N-dealkylation sites (tertiary alicyclic amines) is 1. The third kappa shape index (κ3) is 4.61. The van der Waals surface area contributed by atoms with Gasteiger partial charge in [-0.1, -0.05) is 12.1 Å². The molecule has 3 fully saturated rings. The fourth-order valence-corrected chi connectivity index (χ4v) is 7.45. The van der Waals surface area contributed by atoms with Crippen LogP contribution in [-0.4, -0.2) is 47.7 Å². The molecule has 2 saturated carbocycles. The molecule has 1 aromatic carbocycles. The van der Waals surface area contributed by atoms with Gasteiger partial charge in [0.2, 0.25) is 0 Å². The third-order valence-electron chi connectivity index (χ3n) is 9.90. The summed E-state index contributed by atoms with van der Waals surface area (Å²) in [4.78, 5) is 16.9. The molecule has 7 nitrogen and oxygen atoms in total. The predicted octanol–water partition coefficient (Wildman–Crippen LogP) is 5.82. The van der Waals surface area contributed by atoms with Gasteiger partial charge in [0.1, 0.15) is 0 Å². The van der Waals surface area contributed by atoms with Gasteiger partial charge in [0.05, 0.1) is 28.1 Å². The van der Waals surface area contributed by atoms with Crippen LogP contribution in [0.25, 0.3) is 11.2 Å². The molecule has 1 saturated heterocycles. The Morgan fingerprint density at radius 3 is 2.40 bits per heavy atom. The van der Waals surface area contributed by atoms with Crippen LogP contribution in [0.5, 0.6) is 0 Å². The van der Waals surface area contributed by atoms with E-state index in [9.17, 15) is 31.1 Å². The average Bonchev–Trinajstić information content (AvgIpc) is 3.66. The summed E-state index contributed by atoms with van der Waals surface area (Å²) in [6, 6.07) is 8.31. The molecule has 0 unspecified atom stereocenters. The molecule has 7 rings (SSSR count). The first-order valence-electron chi connectivity index (χ1n) is 14.5. The van der Waals surface area contributed by atoms with Crippen LogP contribution in [0, 0.1) is 11.3 Å². The fourth-order valence-electron chi connectivity index (χ4n) is 7.45. The predicted molar refractivity (Wildman–Crippen MR) is 146 cm³/mol. The highest BCUT2D eigenvalue weighted by molar-refractivity contribution is 5.58. The second-order valence-electron chi connectivity index (χ2n) is 12.8. The van der Waals surface area contributed by atoms with Crippen molar-refractivity contribution in [2.75, 3.05) is 13.1 Å². The topological polar surface area (TPSA) is 52.4 Å². The molecular formula is C30H32F6N6O. The van der Waals surface area contributed by atoms with Crippen molar-refractivity contribution in [1.29, 1.82) is 0 Å². The standard InChI is InChI=1S/C30H32F6N6O/c1-38-25(37-39(38)2)28(17-27(18-28)8-9-27)20-5-3-7-22(12-20)41-16-24-23(30(34,35)36)11-19(14-42(24)26(41)43)13-40-10-4-6-21(15-40)29(31,32)33/h3,5,7,11-12,14,16,21H,4,6,8-10,13,15,17-18H2,1-2H3/t21-/m0/s1. The second-order valence-corrected chi connectivity index (χ2v) is 12.8. The van der Waals surface area contributed by atoms with E-state index in [2.05, 4.69) is 5.10 Å². The lowest BCUT2D eigenvalue weighted by Gasteiger charge is -2.50. The van der Waals surface area contributed by atoms with Crippen molar-refractivity contribution in [2.45, 2.75) is 62.8 Å². The van der Waals surface area contributed by atoms with Gasteiger partial charge >= 0.3 is 18.0 Å². The lowest BCUT2D eigenvalue weighted by atomic mass is 9.55. The number of piperidine rings is 1. The number of pyridine rings is 1. The van der Waals surface area contributed by atoms with Crippen LogP contribution in [-0.2, 0) is 32.2 Å². The zero-order valence-electron chi connectivity index (χ0n) is 23.8. The summed E-state index contributed by atoms with van der Waals surface area (Å²) in [7, 11) is 3.80. The lowest BCUT2D eigenvalue weighted by Crippen LogP contribution is -2.49. The number of nitrogens with zero attached hydrogens (tertiary/aromatic N) is 6. The van der Waals surface area contributed by atoms with E-state index in [0.29, 0.717) is 24.1 Å². The van der Waals surface area contributed by atoms with Gasteiger partial charge in [-0.2, -0.15) is 26.3 Å². The highest BCUT2D eigenvalue weighted by atomic mass is 19.4. The smallest absolute Gasteiger partial charge is 0.298 e. The van der Waals surface area contributed by atoms with Crippen molar-refractivity contribution in [3.8, 4) is 5.69 Å². The van der Waals surface area contributed by atoms with Crippen LogP contribution in [0.3, 0.4) is 0 Å². The maximum absolute atomic E-state index is 14.3. The normalized spacial score (nSPS) is 21.9. The zero-order valence-corrected chi connectivity index (χ0v) is 23.8. The van der Waals surface area contributed by atoms with Crippen molar-refractivity contribution in [3.05, 3.63) is 75.7 Å². The molecule has 3 aromatic heterocycles. The first kappa shape index (κ1) is 28.3. The number of imidazole rings is 1. The van der Waals surface area contributed by atoms with Crippen LogP contribution in [0.1, 0.15) is 61.0 Å². The number of rotatable bonds is 5. The Morgan fingerprint density at radius 2 is 1.77 bits per heavy atom. The molecular weight excluding hydrogens is 574 g/mol. The van der Waals surface area contributed by atoms with E-state index in [1.54, 1.807) is 10.9 Å². The van der Waals surface area contributed by atoms with E-state index >= 15 is 0 Å². The SMILES string of the molecule is Cn1nc(C2(c3cccc(-n4cc5c(C(F)(F)F)cc(CN6CCC[C@H](C(F)(F)F)C6)cn5c4=O)c3)CC3(CC3)C2)n1C. The van der Waals surface area contributed by atoms with E-state index < -0.39 is 29.5 Å². The zero-order chi connectivity index (χ0) is 30.5. The second kappa shape index (κ2) is 9.26. The van der Waals surface area contributed by atoms with Crippen LogP contribution in [0.4, 0.5) is 26.3 Å². The van der Waals surface area contributed by atoms with Gasteiger partial charge in [-0.05, 0) is 79.8 Å². The number of alkyl halides is 6. The van der Waals surface area contributed by atoms with E-state index in [1.807, 2.05) is 37.0 Å². The van der Waals surface area contributed by atoms with Crippen LogP contribution in [0.15, 0.2) is 47.5 Å². The summed E-state index contributed by atoms with van der Waals surface area (Å²) < 4.78 is 87.0. The Hall–Kier alpha value is -3.48. The molecule has 4 aromatic rings. The Morgan fingerprint density at radius 1 is 1.02 bits per heavy atom. The number of halogens is 6. The Kier molecular flexibility index (Phi) is 6.10. The summed E-state index contributed by atoms with van der Waals surface area (Å²) in [5, 5.41) is 4.65. The summed E-state index contributed by atoms with van der Waals surface area (Å²) in [6.45, 7) is -0.0636. The molecule has 0 radical (unpaired) electrons. The Labute approximate surface area is 243 Å². The van der Waals surface area contributed by atoms with Crippen LogP contribution < -0.4 is 5.69 Å². The summed E-state index contributed by atoms with van der Waals surface area (Å²) in [5.41, 5.74) is -0.452. The van der Waals surface area contributed by atoms with E-state index in [0.717, 1.165) is 34.7 Å². The van der Waals surface area contributed by atoms with E-state index in [1.165, 1.54) is 34.7 Å². The molecule has 0 bridgehead atoms. The summed E-state index contributed by atoms with van der Waals surface area (Å²) in [5.74, 6) is -0.587. The minimum absolute atomic E-state index is 0.00316. The molecule has 43 heavy (non-hydrogen) atoms. The number of hydrogen-bond acceptors (Lipinski definition) is 3. The molecule has 2 aliphatic carbocycles. The first-order valence-corrected chi connectivity index (χ1v) is 14.5. The van der Waals surface area contributed by atoms with Gasteiger partial charge in [0.25, 0.3) is 0 Å². The minimum Gasteiger partial charge on any atom is -0.298 e. The maximum atomic E-state index is 14.3. The van der Waals surface area contributed by atoms with E-state index in [4.69, 9.17) is 0 Å². The van der Waals surface area contributed by atoms with Crippen LogP contribution in [0.2, 0.25) is 0 Å². The lowest BCUT2D eigenvalue weighted by molar-refractivity contribution is -0.187. The summed E-state index contributed by atoms with van der Waals surface area (Å²) in [6.07, 6.45) is -2.12. The number of aryl methyl sites for hydroxylation is 1. The molecule has 0 N–H and O–H groups in total. The van der Waals surface area contributed by atoms with Gasteiger partial charge in [0, 0.05) is 39.6 Å². The van der Waals surface area contributed by atoms with Crippen molar-refractivity contribution >= 4 is 5.52 Å². The van der Waals surface area contributed by atoms with Gasteiger partial charge < -0.3 is 0 Å². The molecule has 4 heterocycles. The Balaban J connectivity index is 1.27. The monoisotopic (exact) mass is 606 g/mol. The molecule has 13 heteroatoms. The van der Waals surface area contributed by atoms with Crippen molar-refractivity contribution < 1.29 is 26.3 Å². The van der Waals surface area contributed by atoms with Crippen molar-refractivity contribution in [2.24, 2.45) is 25.4 Å². The number of hydrogen-bond donors (Lipinski definition) is 0. The molecule has 3 aliphatic rings. The molecule has 0 amide bonds. The third-order valence-corrected chi connectivity index (χ3v) is 9.90. The molecule has 1 aliphatic heterocycles. The quantitative estimate of drug-likeness (QED) is 0.270. The van der Waals surface area contributed by atoms with Gasteiger partial charge in [-0.25, -0.2) is 9.59 Å². The van der Waals surface area contributed by atoms with Crippen LogP contribution >= 0.6 is 0 Å². The first-order chi connectivity index (χ1) is 20.2. The number of aromatic nitrogens is 5. The Bertz CT molecular complexity index is 1760. The summed E-state index contributed by atoms with van der Waals surface area (Å²) >= 11 is 0. The number of fused-ring (bicyclic) bond motifs is 1. The molecule has 1 atom stereocenters. The minimum atomic E-state index is -4.77. The molecule has 1 spiro atoms. The number of benzene rings is 1. The maximum Gasteiger partial charge on any atom is 0.418 e. The fraction of sp³-hybridized carbons (Fsp3) is 0.533.